The summed E-state index contributed by atoms with van der Waals surface area (Å²) in [5.41, 5.74) is 4.02. The Bertz CT molecular complexity index is 1360. The van der Waals surface area contributed by atoms with Crippen molar-refractivity contribution in [3.05, 3.63) is 97.5 Å². The molecule has 0 radical (unpaired) electrons. The molecule has 32 heavy (non-hydrogen) atoms. The third-order valence-electron chi connectivity index (χ3n) is 4.88. The van der Waals surface area contributed by atoms with Crippen LogP contribution in [0.2, 0.25) is 0 Å². The quantitative estimate of drug-likeness (QED) is 0.322. The fraction of sp³-hybridized carbons (Fsp3) is 0. The minimum absolute atomic E-state index is 0.315. The first-order valence-corrected chi connectivity index (χ1v) is 10.0. The van der Waals surface area contributed by atoms with Gasteiger partial charge in [-0.2, -0.15) is 0 Å². The monoisotopic (exact) mass is 421 g/mol. The van der Waals surface area contributed by atoms with E-state index in [1.54, 1.807) is 36.7 Å². The lowest BCUT2D eigenvalue weighted by Crippen LogP contribution is -2.19. The number of H-pyrrole nitrogens is 1. The number of benzene rings is 2. The number of rotatable bonds is 5. The molecule has 3 N–H and O–H groups in total. The number of hydrogen-bond acceptors (Lipinski definition) is 4. The van der Waals surface area contributed by atoms with Crippen molar-refractivity contribution in [1.29, 1.82) is 0 Å². The highest BCUT2D eigenvalue weighted by Gasteiger charge is 2.13. The molecule has 0 aliphatic carbocycles. The van der Waals surface area contributed by atoms with Crippen LogP contribution in [-0.2, 0) is 0 Å². The van der Waals surface area contributed by atoms with Gasteiger partial charge in [-0.25, -0.2) is 14.8 Å². The molecule has 0 fully saturated rings. The summed E-state index contributed by atoms with van der Waals surface area (Å²) >= 11 is 0. The third kappa shape index (κ3) is 4.13. The van der Waals surface area contributed by atoms with Crippen LogP contribution in [0, 0.1) is 0 Å². The Kier molecular flexibility index (Phi) is 5.20. The van der Waals surface area contributed by atoms with Crippen molar-refractivity contribution in [3.8, 4) is 22.8 Å². The molecule has 0 saturated heterocycles. The molecule has 7 nitrogen and oxygen atoms in total. The Morgan fingerprint density at radius 1 is 0.750 bits per heavy atom. The maximum Gasteiger partial charge on any atom is 0.323 e. The maximum absolute atomic E-state index is 12.2. The number of anilines is 2. The van der Waals surface area contributed by atoms with Gasteiger partial charge >= 0.3 is 6.03 Å². The van der Waals surface area contributed by atoms with Crippen molar-refractivity contribution in [2.75, 3.05) is 10.6 Å². The van der Waals surface area contributed by atoms with Crippen molar-refractivity contribution in [3.63, 3.8) is 0 Å². The van der Waals surface area contributed by atoms with Crippen LogP contribution < -0.4 is 15.4 Å². The second-order valence-electron chi connectivity index (χ2n) is 7.03. The molecule has 5 aromatic rings. The van der Waals surface area contributed by atoms with Crippen molar-refractivity contribution in [1.82, 2.24) is 15.0 Å². The molecule has 3 heterocycles. The first-order valence-electron chi connectivity index (χ1n) is 10.0. The zero-order chi connectivity index (χ0) is 21.8. The summed E-state index contributed by atoms with van der Waals surface area (Å²) in [6.07, 6.45) is 5.31. The first-order chi connectivity index (χ1) is 15.8. The number of nitrogens with zero attached hydrogens (tertiary/aromatic N) is 2. The van der Waals surface area contributed by atoms with E-state index in [-0.39, 0.29) is 6.03 Å². The number of hydrogen-bond donors (Lipinski definition) is 3. The highest BCUT2D eigenvalue weighted by molar-refractivity contribution is 5.99. The summed E-state index contributed by atoms with van der Waals surface area (Å²) < 4.78 is 6.07. The summed E-state index contributed by atoms with van der Waals surface area (Å²) in [7, 11) is 0. The molecule has 0 atom stereocenters. The Morgan fingerprint density at radius 3 is 2.34 bits per heavy atom. The predicted octanol–water partition coefficient (Wildman–Crippen LogP) is 6.06. The van der Waals surface area contributed by atoms with Crippen LogP contribution >= 0.6 is 0 Å². The van der Waals surface area contributed by atoms with Crippen LogP contribution in [0.5, 0.6) is 11.6 Å². The Hall–Kier alpha value is -4.65. The number of fused-ring (bicyclic) bond motifs is 1. The topological polar surface area (TPSA) is 91.9 Å². The number of aromatic nitrogens is 3. The van der Waals surface area contributed by atoms with E-state index in [2.05, 4.69) is 25.6 Å². The van der Waals surface area contributed by atoms with E-state index in [1.165, 1.54) is 0 Å². The number of nitrogens with one attached hydrogen (secondary N) is 3. The highest BCUT2D eigenvalue weighted by Crippen LogP contribution is 2.35. The van der Waals surface area contributed by atoms with Crippen LogP contribution in [0.1, 0.15) is 0 Å². The Morgan fingerprint density at radius 2 is 1.53 bits per heavy atom. The standard InChI is InChI=1S/C25H19N5O2/c31-25(29-17-5-2-1-3-6-17)30-18-8-10-19(11-9-18)32-24-22(7-4-14-28-24)20-12-15-26-23-21(20)13-16-27-23/h1-16H,(H,26,27)(H2,29,30,31). The average Bonchev–Trinajstić information content (AvgIpc) is 3.31. The molecule has 0 aliphatic rings. The van der Waals surface area contributed by atoms with Gasteiger partial charge in [-0.3, -0.25) is 0 Å². The van der Waals surface area contributed by atoms with E-state index in [1.807, 2.05) is 60.8 Å². The molecular weight excluding hydrogens is 402 g/mol. The van der Waals surface area contributed by atoms with E-state index in [9.17, 15) is 4.79 Å². The van der Waals surface area contributed by atoms with Crippen molar-refractivity contribution in [2.24, 2.45) is 0 Å². The van der Waals surface area contributed by atoms with E-state index >= 15 is 0 Å². The fourth-order valence-electron chi connectivity index (χ4n) is 3.41. The number of urea groups is 1. The molecule has 0 spiro atoms. The van der Waals surface area contributed by atoms with Crippen LogP contribution in [0.3, 0.4) is 0 Å². The number of ether oxygens (including phenoxy) is 1. The number of para-hydroxylation sites is 1. The number of amides is 2. The Labute approximate surface area is 184 Å². The van der Waals surface area contributed by atoms with Crippen molar-refractivity contribution < 1.29 is 9.53 Å². The lowest BCUT2D eigenvalue weighted by molar-refractivity contribution is 0.262. The minimum atomic E-state index is -0.315. The zero-order valence-corrected chi connectivity index (χ0v) is 16.9. The van der Waals surface area contributed by atoms with Gasteiger partial charge in [0.2, 0.25) is 5.88 Å². The SMILES string of the molecule is O=C(Nc1ccccc1)Nc1ccc(Oc2ncccc2-c2ccnc3[nH]ccc23)cc1. The fourth-order valence-corrected chi connectivity index (χ4v) is 3.41. The molecule has 2 aromatic carbocycles. The molecule has 5 rings (SSSR count). The van der Waals surface area contributed by atoms with Crippen LogP contribution in [-0.4, -0.2) is 21.0 Å². The lowest BCUT2D eigenvalue weighted by Gasteiger charge is -2.12. The van der Waals surface area contributed by atoms with Gasteiger partial charge < -0.3 is 20.4 Å². The van der Waals surface area contributed by atoms with Gasteiger partial charge in [0.15, 0.2) is 0 Å². The van der Waals surface area contributed by atoms with E-state index in [4.69, 9.17) is 4.74 Å². The van der Waals surface area contributed by atoms with Crippen LogP contribution in [0.25, 0.3) is 22.2 Å². The summed E-state index contributed by atoms with van der Waals surface area (Å²) in [6, 6.07) is 23.8. The summed E-state index contributed by atoms with van der Waals surface area (Å²) in [5, 5.41) is 6.58. The zero-order valence-electron chi connectivity index (χ0n) is 16.9. The number of carbonyl (C=O) groups excluding carboxylic acids is 1. The molecule has 0 bridgehead atoms. The first kappa shape index (κ1) is 19.3. The van der Waals surface area contributed by atoms with Gasteiger partial charge in [-0.1, -0.05) is 18.2 Å². The number of carbonyl (C=O) groups is 1. The van der Waals surface area contributed by atoms with Crippen molar-refractivity contribution in [2.45, 2.75) is 0 Å². The molecule has 3 aromatic heterocycles. The van der Waals surface area contributed by atoms with Crippen molar-refractivity contribution >= 4 is 28.4 Å². The summed E-state index contributed by atoms with van der Waals surface area (Å²) in [4.78, 5) is 24.1. The lowest BCUT2D eigenvalue weighted by atomic mass is 10.1. The molecule has 0 aliphatic heterocycles. The number of aromatic amines is 1. The van der Waals surface area contributed by atoms with E-state index in [0.717, 1.165) is 27.8 Å². The molecule has 2 amide bonds. The number of pyridine rings is 2. The van der Waals surface area contributed by atoms with Gasteiger partial charge in [0.25, 0.3) is 0 Å². The Balaban J connectivity index is 1.32. The molecule has 0 saturated carbocycles. The normalized spacial score (nSPS) is 10.6. The average molecular weight is 421 g/mol. The van der Waals surface area contributed by atoms with E-state index < -0.39 is 0 Å². The van der Waals surface area contributed by atoms with Gasteiger partial charge in [0.1, 0.15) is 11.4 Å². The smallest absolute Gasteiger partial charge is 0.323 e. The van der Waals surface area contributed by atoms with Crippen LogP contribution in [0.4, 0.5) is 16.2 Å². The summed E-state index contributed by atoms with van der Waals surface area (Å²) in [6.45, 7) is 0. The highest BCUT2D eigenvalue weighted by atomic mass is 16.5. The minimum Gasteiger partial charge on any atom is -0.438 e. The second-order valence-corrected chi connectivity index (χ2v) is 7.03. The third-order valence-corrected chi connectivity index (χ3v) is 4.88. The van der Waals surface area contributed by atoms with Gasteiger partial charge in [-0.05, 0) is 66.2 Å². The van der Waals surface area contributed by atoms with Gasteiger partial charge in [0.05, 0.1) is 0 Å². The largest absolute Gasteiger partial charge is 0.438 e. The maximum atomic E-state index is 12.2. The van der Waals surface area contributed by atoms with Gasteiger partial charge in [0, 0.05) is 40.9 Å². The second kappa shape index (κ2) is 8.61. The van der Waals surface area contributed by atoms with Crippen LogP contribution in [0.15, 0.2) is 97.5 Å². The molecular formula is C25H19N5O2. The van der Waals surface area contributed by atoms with Gasteiger partial charge in [-0.15, -0.1) is 0 Å². The predicted molar refractivity (Wildman–Crippen MR) is 125 cm³/mol. The van der Waals surface area contributed by atoms with E-state index in [0.29, 0.717) is 17.3 Å². The summed E-state index contributed by atoms with van der Waals surface area (Å²) in [5.74, 6) is 1.10. The molecule has 156 valence electrons. The molecule has 0 unspecified atom stereocenters. The molecule has 7 heteroatoms.